The Kier molecular flexibility index (Phi) is 1.34. The molecule has 13 heavy (non-hydrogen) atoms. The van der Waals surface area contributed by atoms with Crippen molar-refractivity contribution in [2.24, 2.45) is 0 Å². The van der Waals surface area contributed by atoms with Crippen LogP contribution in [0.15, 0.2) is 28.7 Å². The standard InChI is InChI=1S/C10H10N2O/c1-2-4-9-7(3-1)8-5-11-6-12-10(8)13-9/h1-4,11-12H,5-6H2. The predicted octanol–water partition coefficient (Wildman–Crippen LogP) is 1.91. The Labute approximate surface area is 75.7 Å². The number of furan rings is 1. The van der Waals surface area contributed by atoms with Crippen molar-refractivity contribution < 1.29 is 4.42 Å². The summed E-state index contributed by atoms with van der Waals surface area (Å²) in [5, 5.41) is 7.63. The van der Waals surface area contributed by atoms with Crippen molar-refractivity contribution in [2.75, 3.05) is 12.0 Å². The SMILES string of the molecule is c1ccc2c3c(oc2c1)NCNC3. The molecule has 1 aliphatic rings. The first-order valence-corrected chi connectivity index (χ1v) is 4.40. The molecule has 2 heterocycles. The van der Waals surface area contributed by atoms with Gasteiger partial charge in [-0.25, -0.2) is 0 Å². The van der Waals surface area contributed by atoms with E-state index in [1.54, 1.807) is 0 Å². The number of para-hydroxylation sites is 1. The highest BCUT2D eigenvalue weighted by atomic mass is 16.4. The fourth-order valence-electron chi connectivity index (χ4n) is 1.75. The van der Waals surface area contributed by atoms with E-state index in [0.717, 1.165) is 24.7 Å². The zero-order chi connectivity index (χ0) is 8.67. The van der Waals surface area contributed by atoms with E-state index in [9.17, 15) is 0 Å². The number of rotatable bonds is 0. The second-order valence-electron chi connectivity index (χ2n) is 3.19. The van der Waals surface area contributed by atoms with Gasteiger partial charge in [-0.05, 0) is 6.07 Å². The van der Waals surface area contributed by atoms with Gasteiger partial charge in [-0.1, -0.05) is 18.2 Å². The van der Waals surface area contributed by atoms with Gasteiger partial charge in [0.05, 0.1) is 6.67 Å². The van der Waals surface area contributed by atoms with E-state index < -0.39 is 0 Å². The molecule has 3 rings (SSSR count). The average molecular weight is 174 g/mol. The molecule has 66 valence electrons. The zero-order valence-corrected chi connectivity index (χ0v) is 7.13. The first-order chi connectivity index (χ1) is 6.45. The summed E-state index contributed by atoms with van der Waals surface area (Å²) >= 11 is 0. The number of hydrogen-bond donors (Lipinski definition) is 2. The maximum atomic E-state index is 5.64. The third-order valence-corrected chi connectivity index (χ3v) is 2.37. The molecule has 0 bridgehead atoms. The second-order valence-corrected chi connectivity index (χ2v) is 3.19. The van der Waals surface area contributed by atoms with Crippen LogP contribution in [0.2, 0.25) is 0 Å². The fourth-order valence-corrected chi connectivity index (χ4v) is 1.75. The average Bonchev–Trinajstić information content (AvgIpc) is 2.56. The predicted molar refractivity (Wildman–Crippen MR) is 51.5 cm³/mol. The van der Waals surface area contributed by atoms with E-state index in [1.165, 1.54) is 10.9 Å². The molecule has 0 spiro atoms. The number of anilines is 1. The highest BCUT2D eigenvalue weighted by molar-refractivity contribution is 5.86. The van der Waals surface area contributed by atoms with Crippen LogP contribution in [0.5, 0.6) is 0 Å². The van der Waals surface area contributed by atoms with Crippen LogP contribution >= 0.6 is 0 Å². The molecule has 2 aromatic rings. The summed E-state index contributed by atoms with van der Waals surface area (Å²) in [5.41, 5.74) is 2.20. The Morgan fingerprint density at radius 3 is 3.15 bits per heavy atom. The van der Waals surface area contributed by atoms with Gasteiger partial charge in [-0.15, -0.1) is 0 Å². The molecule has 0 amide bonds. The number of nitrogens with one attached hydrogen (secondary N) is 2. The third-order valence-electron chi connectivity index (χ3n) is 2.37. The molecular formula is C10H10N2O. The third kappa shape index (κ3) is 0.939. The molecule has 3 heteroatoms. The molecule has 0 aliphatic carbocycles. The van der Waals surface area contributed by atoms with Crippen molar-refractivity contribution in [3.8, 4) is 0 Å². The normalized spacial score (nSPS) is 15.4. The monoisotopic (exact) mass is 174 g/mol. The number of hydrogen-bond acceptors (Lipinski definition) is 3. The molecule has 1 aliphatic heterocycles. The smallest absolute Gasteiger partial charge is 0.199 e. The lowest BCUT2D eigenvalue weighted by molar-refractivity contribution is 0.589. The summed E-state index contributed by atoms with van der Waals surface area (Å²) in [6, 6.07) is 8.11. The Morgan fingerprint density at radius 1 is 1.23 bits per heavy atom. The van der Waals surface area contributed by atoms with Crippen LogP contribution in [0.25, 0.3) is 11.0 Å². The van der Waals surface area contributed by atoms with E-state index in [1.807, 2.05) is 18.2 Å². The van der Waals surface area contributed by atoms with Crippen molar-refractivity contribution in [3.05, 3.63) is 29.8 Å². The molecule has 0 fully saturated rings. The Balaban J connectivity index is 2.34. The highest BCUT2D eigenvalue weighted by Gasteiger charge is 2.15. The molecule has 0 saturated heterocycles. The minimum atomic E-state index is 0.785. The quantitative estimate of drug-likeness (QED) is 0.640. The van der Waals surface area contributed by atoms with Crippen LogP contribution in [-0.4, -0.2) is 6.67 Å². The number of fused-ring (bicyclic) bond motifs is 3. The molecule has 3 nitrogen and oxygen atoms in total. The minimum Gasteiger partial charge on any atom is -0.440 e. The fraction of sp³-hybridized carbons (Fsp3) is 0.200. The van der Waals surface area contributed by atoms with Gasteiger partial charge >= 0.3 is 0 Å². The van der Waals surface area contributed by atoms with Gasteiger partial charge in [0.2, 0.25) is 0 Å². The van der Waals surface area contributed by atoms with Gasteiger partial charge in [-0.3, -0.25) is 5.32 Å². The summed E-state index contributed by atoms with van der Waals surface area (Å²) in [4.78, 5) is 0. The van der Waals surface area contributed by atoms with Crippen molar-refractivity contribution in [1.29, 1.82) is 0 Å². The molecule has 1 aromatic carbocycles. The van der Waals surface area contributed by atoms with Crippen LogP contribution in [0, 0.1) is 0 Å². The first-order valence-electron chi connectivity index (χ1n) is 4.40. The Morgan fingerprint density at radius 2 is 2.15 bits per heavy atom. The van der Waals surface area contributed by atoms with E-state index in [0.29, 0.717) is 0 Å². The van der Waals surface area contributed by atoms with Gasteiger partial charge in [0.25, 0.3) is 0 Å². The molecule has 2 N–H and O–H groups in total. The summed E-state index contributed by atoms with van der Waals surface area (Å²) in [6.07, 6.45) is 0. The van der Waals surface area contributed by atoms with Crippen molar-refractivity contribution >= 4 is 16.9 Å². The summed E-state index contributed by atoms with van der Waals surface area (Å²) in [6.45, 7) is 1.67. The van der Waals surface area contributed by atoms with Crippen LogP contribution in [-0.2, 0) is 6.54 Å². The highest BCUT2D eigenvalue weighted by Crippen LogP contribution is 2.30. The second kappa shape index (κ2) is 2.50. The van der Waals surface area contributed by atoms with Gasteiger partial charge in [0, 0.05) is 17.5 Å². The topological polar surface area (TPSA) is 37.2 Å². The first kappa shape index (κ1) is 6.97. The van der Waals surface area contributed by atoms with Gasteiger partial charge in [0.1, 0.15) is 5.58 Å². The largest absolute Gasteiger partial charge is 0.440 e. The zero-order valence-electron chi connectivity index (χ0n) is 7.13. The van der Waals surface area contributed by atoms with Crippen molar-refractivity contribution in [1.82, 2.24) is 5.32 Å². The van der Waals surface area contributed by atoms with E-state index in [4.69, 9.17) is 4.42 Å². The Bertz CT molecular complexity index is 447. The maximum Gasteiger partial charge on any atom is 0.199 e. The van der Waals surface area contributed by atoms with Gasteiger partial charge < -0.3 is 9.73 Å². The lowest BCUT2D eigenvalue weighted by Crippen LogP contribution is -2.26. The molecule has 1 aromatic heterocycles. The summed E-state index contributed by atoms with van der Waals surface area (Å²) < 4.78 is 5.64. The van der Waals surface area contributed by atoms with Gasteiger partial charge in [-0.2, -0.15) is 0 Å². The lowest BCUT2D eigenvalue weighted by Gasteiger charge is -2.13. The van der Waals surface area contributed by atoms with Crippen LogP contribution in [0.3, 0.4) is 0 Å². The summed E-state index contributed by atoms with van der Waals surface area (Å²) in [5.74, 6) is 0.917. The Hall–Kier alpha value is -1.48. The molecular weight excluding hydrogens is 164 g/mol. The van der Waals surface area contributed by atoms with E-state index in [2.05, 4.69) is 16.7 Å². The molecule has 0 saturated carbocycles. The maximum absolute atomic E-state index is 5.64. The van der Waals surface area contributed by atoms with Gasteiger partial charge in [0.15, 0.2) is 5.88 Å². The molecule has 0 atom stereocenters. The molecule has 0 unspecified atom stereocenters. The van der Waals surface area contributed by atoms with Crippen LogP contribution in [0.1, 0.15) is 5.56 Å². The lowest BCUT2D eigenvalue weighted by atomic mass is 10.1. The van der Waals surface area contributed by atoms with E-state index in [-0.39, 0.29) is 0 Å². The van der Waals surface area contributed by atoms with Crippen LogP contribution in [0.4, 0.5) is 5.88 Å². The molecule has 0 radical (unpaired) electrons. The van der Waals surface area contributed by atoms with Crippen molar-refractivity contribution in [3.63, 3.8) is 0 Å². The van der Waals surface area contributed by atoms with Crippen LogP contribution < -0.4 is 10.6 Å². The van der Waals surface area contributed by atoms with E-state index >= 15 is 0 Å². The summed E-state index contributed by atoms with van der Waals surface area (Å²) in [7, 11) is 0. The van der Waals surface area contributed by atoms with Crippen molar-refractivity contribution in [2.45, 2.75) is 6.54 Å². The number of benzene rings is 1. The minimum absolute atomic E-state index is 0.785.